The van der Waals surface area contributed by atoms with Crippen molar-refractivity contribution in [2.45, 2.75) is 39.6 Å². The third-order valence-electron chi connectivity index (χ3n) is 3.30. The molecule has 0 aliphatic carbocycles. The van der Waals surface area contributed by atoms with Crippen LogP contribution in [0, 0.1) is 0 Å². The van der Waals surface area contributed by atoms with Gasteiger partial charge in [0.2, 0.25) is 0 Å². The van der Waals surface area contributed by atoms with Gasteiger partial charge in [-0.25, -0.2) is 4.79 Å². The molecule has 0 heterocycles. The van der Waals surface area contributed by atoms with Crippen LogP contribution in [0.2, 0.25) is 19.6 Å². The van der Waals surface area contributed by atoms with E-state index in [-0.39, 0.29) is 5.97 Å². The molecule has 0 spiro atoms. The van der Waals surface area contributed by atoms with E-state index in [9.17, 15) is 4.79 Å². The third-order valence-corrected chi connectivity index (χ3v) is 5.43. The van der Waals surface area contributed by atoms with Gasteiger partial charge in [0.1, 0.15) is 0 Å². The standard InChI is InChI=1S/C17H26O3Si/c1-14(16(17(18)19-2)21(3,4)5)11-12-20-13-15-9-7-6-8-10-15/h6-10H,11-13H2,1-5H3/b16-14-. The molecule has 0 N–H and O–H groups in total. The van der Waals surface area contributed by atoms with Gasteiger partial charge in [0.25, 0.3) is 0 Å². The molecule has 0 aromatic heterocycles. The maximum absolute atomic E-state index is 12.0. The molecule has 0 radical (unpaired) electrons. The fraction of sp³-hybridized carbons (Fsp3) is 0.471. The number of ether oxygens (including phenoxy) is 2. The SMILES string of the molecule is COC(=O)/C(=C(\C)CCOCc1ccccc1)[Si](C)(C)C. The summed E-state index contributed by atoms with van der Waals surface area (Å²) in [6.45, 7) is 9.71. The summed E-state index contributed by atoms with van der Waals surface area (Å²) in [6.07, 6.45) is 0.765. The summed E-state index contributed by atoms with van der Waals surface area (Å²) in [7, 11) is -0.262. The molecule has 0 atom stereocenters. The first-order valence-electron chi connectivity index (χ1n) is 7.26. The van der Waals surface area contributed by atoms with Gasteiger partial charge in [-0.2, -0.15) is 0 Å². The Morgan fingerprint density at radius 2 is 1.76 bits per heavy atom. The van der Waals surface area contributed by atoms with Crippen LogP contribution in [0.5, 0.6) is 0 Å². The Morgan fingerprint density at radius 3 is 2.29 bits per heavy atom. The molecule has 0 unspecified atom stereocenters. The van der Waals surface area contributed by atoms with Crippen LogP contribution in [0.25, 0.3) is 0 Å². The Labute approximate surface area is 129 Å². The van der Waals surface area contributed by atoms with Crippen LogP contribution in [0.3, 0.4) is 0 Å². The van der Waals surface area contributed by atoms with E-state index in [1.165, 1.54) is 7.11 Å². The van der Waals surface area contributed by atoms with E-state index in [4.69, 9.17) is 9.47 Å². The number of carbonyl (C=O) groups is 1. The summed E-state index contributed by atoms with van der Waals surface area (Å²) < 4.78 is 10.6. The van der Waals surface area contributed by atoms with E-state index >= 15 is 0 Å². The monoisotopic (exact) mass is 306 g/mol. The molecular weight excluding hydrogens is 280 g/mol. The smallest absolute Gasteiger partial charge is 0.329 e. The van der Waals surface area contributed by atoms with Crippen molar-refractivity contribution < 1.29 is 14.3 Å². The van der Waals surface area contributed by atoms with E-state index in [2.05, 4.69) is 19.6 Å². The zero-order chi connectivity index (χ0) is 15.9. The lowest BCUT2D eigenvalue weighted by Gasteiger charge is -2.21. The summed E-state index contributed by atoms with van der Waals surface area (Å²) in [5, 5.41) is 0.883. The molecule has 1 aromatic rings. The van der Waals surface area contributed by atoms with Gasteiger partial charge in [0.15, 0.2) is 0 Å². The van der Waals surface area contributed by atoms with Gasteiger partial charge in [-0.15, -0.1) is 0 Å². The lowest BCUT2D eigenvalue weighted by molar-refractivity contribution is -0.135. The third kappa shape index (κ3) is 5.85. The molecule has 0 fully saturated rings. The summed E-state index contributed by atoms with van der Waals surface area (Å²) in [6, 6.07) is 10.1. The lowest BCUT2D eigenvalue weighted by atomic mass is 10.2. The number of benzene rings is 1. The lowest BCUT2D eigenvalue weighted by Crippen LogP contribution is -2.31. The molecule has 3 nitrogen and oxygen atoms in total. The molecule has 0 saturated heterocycles. The minimum atomic E-state index is -1.71. The van der Waals surface area contributed by atoms with Crippen molar-refractivity contribution in [1.82, 2.24) is 0 Å². The molecule has 0 aliphatic rings. The highest BCUT2D eigenvalue weighted by atomic mass is 28.3. The van der Waals surface area contributed by atoms with Crippen LogP contribution in [0.1, 0.15) is 18.9 Å². The molecule has 21 heavy (non-hydrogen) atoms. The molecule has 116 valence electrons. The van der Waals surface area contributed by atoms with Crippen molar-refractivity contribution >= 4 is 14.0 Å². The van der Waals surface area contributed by atoms with Crippen LogP contribution in [-0.2, 0) is 20.9 Å². The first-order chi connectivity index (χ1) is 9.86. The summed E-state index contributed by atoms with van der Waals surface area (Å²) >= 11 is 0. The molecule has 0 aliphatic heterocycles. The molecule has 4 heteroatoms. The molecule has 0 amide bonds. The summed E-state index contributed by atoms with van der Waals surface area (Å²) in [4.78, 5) is 12.0. The predicted octanol–water partition coefficient (Wildman–Crippen LogP) is 3.96. The van der Waals surface area contributed by atoms with Gasteiger partial charge >= 0.3 is 5.97 Å². The average Bonchev–Trinajstić information content (AvgIpc) is 2.43. The number of hydrogen-bond donors (Lipinski definition) is 0. The van der Waals surface area contributed by atoms with Crippen molar-refractivity contribution in [2.75, 3.05) is 13.7 Å². The zero-order valence-electron chi connectivity index (χ0n) is 13.7. The van der Waals surface area contributed by atoms with Gasteiger partial charge in [-0.3, -0.25) is 0 Å². The van der Waals surface area contributed by atoms with Crippen molar-refractivity contribution in [3.63, 3.8) is 0 Å². The molecule has 0 bridgehead atoms. The topological polar surface area (TPSA) is 35.5 Å². The number of rotatable bonds is 7. The summed E-state index contributed by atoms with van der Waals surface area (Å²) in [5.74, 6) is -0.185. The minimum absolute atomic E-state index is 0.185. The highest BCUT2D eigenvalue weighted by molar-refractivity contribution is 6.87. The minimum Gasteiger partial charge on any atom is -0.466 e. The first-order valence-corrected chi connectivity index (χ1v) is 10.8. The first kappa shape index (κ1) is 17.7. The fourth-order valence-electron chi connectivity index (χ4n) is 2.34. The Morgan fingerprint density at radius 1 is 1.14 bits per heavy atom. The predicted molar refractivity (Wildman–Crippen MR) is 88.8 cm³/mol. The number of carbonyl (C=O) groups excluding carboxylic acids is 1. The number of methoxy groups -OCH3 is 1. The van der Waals surface area contributed by atoms with Gasteiger partial charge < -0.3 is 9.47 Å². The van der Waals surface area contributed by atoms with Crippen LogP contribution in [-0.4, -0.2) is 27.8 Å². The van der Waals surface area contributed by atoms with E-state index in [1.807, 2.05) is 37.3 Å². The van der Waals surface area contributed by atoms with Gasteiger partial charge in [-0.1, -0.05) is 55.5 Å². The van der Waals surface area contributed by atoms with E-state index in [0.717, 1.165) is 22.8 Å². The van der Waals surface area contributed by atoms with Crippen LogP contribution in [0.15, 0.2) is 41.1 Å². The Balaban J connectivity index is 2.58. The normalized spacial score (nSPS) is 12.8. The number of esters is 1. The van der Waals surface area contributed by atoms with Crippen LogP contribution >= 0.6 is 0 Å². The van der Waals surface area contributed by atoms with Gasteiger partial charge in [0.05, 0.1) is 28.4 Å². The largest absolute Gasteiger partial charge is 0.466 e. The van der Waals surface area contributed by atoms with Gasteiger partial charge in [-0.05, 0) is 18.9 Å². The second kappa shape index (κ2) is 8.15. The number of hydrogen-bond acceptors (Lipinski definition) is 3. The van der Waals surface area contributed by atoms with E-state index in [0.29, 0.717) is 13.2 Å². The highest BCUT2D eigenvalue weighted by Crippen LogP contribution is 2.22. The second-order valence-corrected chi connectivity index (χ2v) is 11.2. The maximum Gasteiger partial charge on any atom is 0.329 e. The van der Waals surface area contributed by atoms with Crippen LogP contribution in [0.4, 0.5) is 0 Å². The quantitative estimate of drug-likeness (QED) is 0.331. The molecular formula is C17H26O3Si. The molecule has 0 saturated carbocycles. The van der Waals surface area contributed by atoms with E-state index in [1.54, 1.807) is 0 Å². The van der Waals surface area contributed by atoms with Crippen LogP contribution < -0.4 is 0 Å². The summed E-state index contributed by atoms with van der Waals surface area (Å²) in [5.41, 5.74) is 2.26. The van der Waals surface area contributed by atoms with Gasteiger partial charge in [0, 0.05) is 5.20 Å². The van der Waals surface area contributed by atoms with E-state index < -0.39 is 8.07 Å². The Kier molecular flexibility index (Phi) is 6.85. The average molecular weight is 306 g/mol. The highest BCUT2D eigenvalue weighted by Gasteiger charge is 2.28. The molecule has 1 aromatic carbocycles. The zero-order valence-corrected chi connectivity index (χ0v) is 14.7. The fourth-order valence-corrected chi connectivity index (χ4v) is 4.46. The second-order valence-electron chi connectivity index (χ2n) is 6.19. The van der Waals surface area contributed by atoms with Crippen molar-refractivity contribution in [3.8, 4) is 0 Å². The van der Waals surface area contributed by atoms with Crippen molar-refractivity contribution in [3.05, 3.63) is 46.7 Å². The van der Waals surface area contributed by atoms with Crippen molar-refractivity contribution in [1.29, 1.82) is 0 Å². The Bertz CT molecular complexity index is 487. The molecule has 1 rings (SSSR count). The maximum atomic E-state index is 12.0. The Hall–Kier alpha value is -1.39. The van der Waals surface area contributed by atoms with Crippen molar-refractivity contribution in [2.24, 2.45) is 0 Å².